The molecule has 1 heterocycles. The fraction of sp³-hybridized carbons (Fsp3) is 0.632. The maximum Gasteiger partial charge on any atom is 0.334 e. The number of esters is 1. The van der Waals surface area contributed by atoms with Crippen molar-refractivity contribution in [2.75, 3.05) is 13.2 Å². The van der Waals surface area contributed by atoms with E-state index in [1.165, 1.54) is 11.1 Å². The number of carbonyl (C=O) groups excluding carboxylic acids is 1. The zero-order chi connectivity index (χ0) is 16.1. The van der Waals surface area contributed by atoms with E-state index in [2.05, 4.69) is 39.5 Å². The van der Waals surface area contributed by atoms with Crippen LogP contribution < -0.4 is 0 Å². The molecule has 0 aromatic heterocycles. The summed E-state index contributed by atoms with van der Waals surface area (Å²) in [7, 11) is 0. The van der Waals surface area contributed by atoms with E-state index in [4.69, 9.17) is 9.47 Å². The summed E-state index contributed by atoms with van der Waals surface area (Å²) in [6.07, 6.45) is 8.16. The van der Waals surface area contributed by atoms with E-state index in [0.717, 1.165) is 32.3 Å². The SMILES string of the molecule is C=C1C(=O)O[C@@H]2/C=C(\COCC(C)C)CC/C=C(\C)CC[C@@H]12. The molecule has 0 unspecified atom stereocenters. The van der Waals surface area contributed by atoms with Gasteiger partial charge in [0.25, 0.3) is 0 Å². The molecule has 3 nitrogen and oxygen atoms in total. The molecular formula is C19H28O3. The number of allylic oxidation sites excluding steroid dienone is 2. The van der Waals surface area contributed by atoms with Gasteiger partial charge in [0.05, 0.1) is 6.61 Å². The summed E-state index contributed by atoms with van der Waals surface area (Å²) in [5.41, 5.74) is 3.23. The number of carbonyl (C=O) groups is 1. The lowest BCUT2D eigenvalue weighted by Gasteiger charge is -2.19. The lowest BCUT2D eigenvalue weighted by Crippen LogP contribution is -2.17. The zero-order valence-electron chi connectivity index (χ0n) is 14.1. The molecule has 3 heteroatoms. The van der Waals surface area contributed by atoms with E-state index in [1.807, 2.05) is 0 Å². The van der Waals surface area contributed by atoms with E-state index in [1.54, 1.807) is 0 Å². The van der Waals surface area contributed by atoms with E-state index in [0.29, 0.717) is 18.1 Å². The van der Waals surface area contributed by atoms with Gasteiger partial charge in [-0.2, -0.15) is 0 Å². The molecule has 22 heavy (non-hydrogen) atoms. The summed E-state index contributed by atoms with van der Waals surface area (Å²) in [5.74, 6) is 0.391. The lowest BCUT2D eigenvalue weighted by molar-refractivity contribution is -0.137. The number of hydrogen-bond acceptors (Lipinski definition) is 3. The quantitative estimate of drug-likeness (QED) is 0.443. The summed E-state index contributed by atoms with van der Waals surface area (Å²) >= 11 is 0. The van der Waals surface area contributed by atoms with E-state index in [9.17, 15) is 4.79 Å². The smallest absolute Gasteiger partial charge is 0.334 e. The Labute approximate surface area is 134 Å². The minimum atomic E-state index is -0.241. The topological polar surface area (TPSA) is 35.5 Å². The number of fused-ring (bicyclic) bond motifs is 1. The predicted octanol–water partition coefficient (Wildman–Crippen LogP) is 4.20. The summed E-state index contributed by atoms with van der Waals surface area (Å²) < 4.78 is 11.3. The van der Waals surface area contributed by atoms with Crippen LogP contribution in [0, 0.1) is 11.8 Å². The van der Waals surface area contributed by atoms with Crippen molar-refractivity contribution in [1.82, 2.24) is 0 Å². The Balaban J connectivity index is 2.12. The van der Waals surface area contributed by atoms with Gasteiger partial charge in [0.1, 0.15) is 6.10 Å². The van der Waals surface area contributed by atoms with Crippen LogP contribution in [0.15, 0.2) is 35.5 Å². The monoisotopic (exact) mass is 304 g/mol. The van der Waals surface area contributed by atoms with Gasteiger partial charge in [0, 0.05) is 18.1 Å². The third-order valence-electron chi connectivity index (χ3n) is 4.30. The molecule has 0 N–H and O–H groups in total. The number of hydrogen-bond donors (Lipinski definition) is 0. The van der Waals surface area contributed by atoms with Crippen molar-refractivity contribution in [2.24, 2.45) is 11.8 Å². The second kappa shape index (κ2) is 7.77. The molecule has 2 rings (SSSR count). The molecule has 0 aromatic carbocycles. The summed E-state index contributed by atoms with van der Waals surface area (Å²) in [4.78, 5) is 11.8. The van der Waals surface area contributed by atoms with Crippen molar-refractivity contribution in [1.29, 1.82) is 0 Å². The van der Waals surface area contributed by atoms with Crippen LogP contribution in [0.2, 0.25) is 0 Å². The molecule has 0 aromatic rings. The normalized spacial score (nSPS) is 31.1. The minimum absolute atomic E-state index is 0.106. The molecule has 1 aliphatic heterocycles. The first-order valence-corrected chi connectivity index (χ1v) is 8.30. The molecule has 0 radical (unpaired) electrons. The van der Waals surface area contributed by atoms with Crippen molar-refractivity contribution in [3.63, 3.8) is 0 Å². The van der Waals surface area contributed by atoms with E-state index < -0.39 is 0 Å². The fourth-order valence-corrected chi connectivity index (χ4v) is 2.97. The largest absolute Gasteiger partial charge is 0.454 e. The van der Waals surface area contributed by atoms with E-state index >= 15 is 0 Å². The highest BCUT2D eigenvalue weighted by Gasteiger charge is 2.37. The van der Waals surface area contributed by atoms with Crippen molar-refractivity contribution >= 4 is 5.97 Å². The van der Waals surface area contributed by atoms with Gasteiger partial charge in [-0.1, -0.05) is 32.1 Å². The average molecular weight is 304 g/mol. The van der Waals surface area contributed by atoms with Gasteiger partial charge >= 0.3 is 5.97 Å². The molecular weight excluding hydrogens is 276 g/mol. The van der Waals surface area contributed by atoms with E-state index in [-0.39, 0.29) is 18.0 Å². The van der Waals surface area contributed by atoms with Crippen LogP contribution in [0.5, 0.6) is 0 Å². The van der Waals surface area contributed by atoms with Crippen LogP contribution in [0.25, 0.3) is 0 Å². The van der Waals surface area contributed by atoms with Crippen LogP contribution in [0.1, 0.15) is 46.5 Å². The number of rotatable bonds is 4. The molecule has 2 atom stereocenters. The molecule has 1 saturated heterocycles. The van der Waals surface area contributed by atoms with Gasteiger partial charge < -0.3 is 9.47 Å². The summed E-state index contributed by atoms with van der Waals surface area (Å²) in [6.45, 7) is 11.8. The lowest BCUT2D eigenvalue weighted by atomic mass is 9.88. The zero-order valence-corrected chi connectivity index (χ0v) is 14.1. The molecule has 0 spiro atoms. The van der Waals surface area contributed by atoms with Crippen molar-refractivity contribution < 1.29 is 14.3 Å². The van der Waals surface area contributed by atoms with Gasteiger partial charge in [0.15, 0.2) is 0 Å². The number of ether oxygens (including phenoxy) is 2. The van der Waals surface area contributed by atoms with Crippen LogP contribution in [-0.4, -0.2) is 25.3 Å². The van der Waals surface area contributed by atoms with Gasteiger partial charge in [-0.25, -0.2) is 4.79 Å². The van der Waals surface area contributed by atoms with Crippen molar-refractivity contribution in [3.05, 3.63) is 35.5 Å². The standard InChI is InChI=1S/C19H28O3/c1-13(2)11-21-12-16-7-5-6-14(3)8-9-17-15(4)19(20)22-18(17)10-16/h6,10,13,17-18H,4-5,7-9,11-12H2,1-3H3/b14-6+,16-10-/t17-,18+/m0/s1. The maximum absolute atomic E-state index is 11.8. The summed E-state index contributed by atoms with van der Waals surface area (Å²) in [5, 5.41) is 0. The molecule has 0 saturated carbocycles. The molecule has 2 aliphatic rings. The highest BCUT2D eigenvalue weighted by Crippen LogP contribution is 2.34. The Morgan fingerprint density at radius 2 is 2.18 bits per heavy atom. The average Bonchev–Trinajstić information content (AvgIpc) is 2.71. The van der Waals surface area contributed by atoms with Gasteiger partial charge in [0.2, 0.25) is 0 Å². The van der Waals surface area contributed by atoms with Gasteiger partial charge in [-0.15, -0.1) is 0 Å². The highest BCUT2D eigenvalue weighted by atomic mass is 16.6. The summed E-state index contributed by atoms with van der Waals surface area (Å²) in [6, 6.07) is 0. The Morgan fingerprint density at radius 1 is 1.41 bits per heavy atom. The minimum Gasteiger partial charge on any atom is -0.454 e. The molecule has 1 fully saturated rings. The van der Waals surface area contributed by atoms with Crippen LogP contribution in [0.4, 0.5) is 0 Å². The Kier molecular flexibility index (Phi) is 6.01. The van der Waals surface area contributed by atoms with Crippen molar-refractivity contribution in [2.45, 2.75) is 52.6 Å². The third-order valence-corrected chi connectivity index (χ3v) is 4.30. The first kappa shape index (κ1) is 17.0. The Morgan fingerprint density at radius 3 is 2.91 bits per heavy atom. The second-order valence-corrected chi connectivity index (χ2v) is 6.86. The van der Waals surface area contributed by atoms with Crippen LogP contribution >= 0.6 is 0 Å². The molecule has 0 amide bonds. The Hall–Kier alpha value is -1.35. The molecule has 122 valence electrons. The fourth-order valence-electron chi connectivity index (χ4n) is 2.97. The third kappa shape index (κ3) is 4.57. The first-order chi connectivity index (χ1) is 10.5. The molecule has 0 bridgehead atoms. The van der Waals surface area contributed by atoms with Crippen LogP contribution in [-0.2, 0) is 14.3 Å². The maximum atomic E-state index is 11.8. The first-order valence-electron chi connectivity index (χ1n) is 8.30. The second-order valence-electron chi connectivity index (χ2n) is 6.86. The molecule has 1 aliphatic carbocycles. The van der Waals surface area contributed by atoms with Crippen LogP contribution in [0.3, 0.4) is 0 Å². The van der Waals surface area contributed by atoms with Gasteiger partial charge in [-0.05, 0) is 50.2 Å². The predicted molar refractivity (Wildman–Crippen MR) is 88.5 cm³/mol. The van der Waals surface area contributed by atoms with Crippen molar-refractivity contribution in [3.8, 4) is 0 Å². The highest BCUT2D eigenvalue weighted by molar-refractivity contribution is 5.91. The van der Waals surface area contributed by atoms with Gasteiger partial charge in [-0.3, -0.25) is 0 Å². The Bertz CT molecular complexity index is 485.